The maximum atomic E-state index is 11.5. The van der Waals surface area contributed by atoms with Crippen molar-refractivity contribution in [2.75, 3.05) is 6.54 Å². The molecule has 0 N–H and O–H groups in total. The highest BCUT2D eigenvalue weighted by Crippen LogP contribution is 2.03. The van der Waals surface area contributed by atoms with Gasteiger partial charge in [0.2, 0.25) is 0 Å². The molecule has 0 aliphatic rings. The van der Waals surface area contributed by atoms with Crippen molar-refractivity contribution >= 4 is 5.91 Å². The Labute approximate surface area is 85.3 Å². The van der Waals surface area contributed by atoms with Crippen LogP contribution in [0.1, 0.15) is 29.8 Å². The van der Waals surface area contributed by atoms with Crippen LogP contribution in [-0.2, 0) is 0 Å². The molecule has 1 rings (SSSR count). The van der Waals surface area contributed by atoms with Gasteiger partial charge in [-0.05, 0) is 25.0 Å². The molecular weight excluding hydrogens is 174 g/mol. The first-order chi connectivity index (χ1) is 6.59. The lowest BCUT2D eigenvalue weighted by molar-refractivity contribution is 0.0944. The predicted molar refractivity (Wildman–Crippen MR) is 57.3 cm³/mol. The van der Waals surface area contributed by atoms with Gasteiger partial charge in [0, 0.05) is 12.1 Å². The average molecular weight is 190 g/mol. The number of rotatable bonds is 3. The maximum absolute atomic E-state index is 11.5. The normalized spacial score (nSPS) is 10.3. The number of nitrogens with zero attached hydrogens (tertiary/aromatic N) is 1. The van der Waals surface area contributed by atoms with Crippen LogP contribution >= 0.6 is 0 Å². The number of hydrogen-bond donors (Lipinski definition) is 0. The highest BCUT2D eigenvalue weighted by Gasteiger charge is 2.06. The molecule has 0 aromatic heterocycles. The van der Waals surface area contributed by atoms with E-state index in [2.05, 4.69) is 5.32 Å². The van der Waals surface area contributed by atoms with E-state index in [9.17, 15) is 4.79 Å². The molecule has 1 aromatic carbocycles. The Hall–Kier alpha value is -1.31. The summed E-state index contributed by atoms with van der Waals surface area (Å²) in [5, 5.41) is 3.98. The summed E-state index contributed by atoms with van der Waals surface area (Å²) in [7, 11) is 0. The first-order valence-electron chi connectivity index (χ1n) is 4.88. The second-order valence-corrected chi connectivity index (χ2v) is 3.91. The van der Waals surface area contributed by atoms with Gasteiger partial charge in [-0.15, -0.1) is 0 Å². The van der Waals surface area contributed by atoms with E-state index in [1.165, 1.54) is 0 Å². The van der Waals surface area contributed by atoms with Crippen LogP contribution in [0.15, 0.2) is 24.3 Å². The highest BCUT2D eigenvalue weighted by molar-refractivity contribution is 5.93. The van der Waals surface area contributed by atoms with Gasteiger partial charge in [0.25, 0.3) is 5.91 Å². The van der Waals surface area contributed by atoms with E-state index >= 15 is 0 Å². The van der Waals surface area contributed by atoms with Crippen LogP contribution in [0.4, 0.5) is 0 Å². The van der Waals surface area contributed by atoms with Crippen molar-refractivity contribution in [3.8, 4) is 0 Å². The summed E-state index contributed by atoms with van der Waals surface area (Å²) >= 11 is 0. The lowest BCUT2D eigenvalue weighted by Gasteiger charge is -2.04. The summed E-state index contributed by atoms with van der Waals surface area (Å²) in [6, 6.07) is 7.50. The summed E-state index contributed by atoms with van der Waals surface area (Å²) in [6.07, 6.45) is 0. The molecule has 2 heteroatoms. The third-order valence-corrected chi connectivity index (χ3v) is 1.90. The fourth-order valence-corrected chi connectivity index (χ4v) is 1.05. The summed E-state index contributed by atoms with van der Waals surface area (Å²) in [6.45, 7) is 6.70. The van der Waals surface area contributed by atoms with Gasteiger partial charge in [0.1, 0.15) is 0 Å². The van der Waals surface area contributed by atoms with Gasteiger partial charge >= 0.3 is 0 Å². The number of carbonyl (C=O) groups excluding carboxylic acids is 1. The lowest BCUT2D eigenvalue weighted by atomic mass is 10.1. The molecule has 0 spiro atoms. The number of hydrogen-bond acceptors (Lipinski definition) is 1. The van der Waals surface area contributed by atoms with Crippen molar-refractivity contribution in [3.05, 3.63) is 35.4 Å². The fourth-order valence-electron chi connectivity index (χ4n) is 1.05. The Bertz CT molecular complexity index is 301. The highest BCUT2D eigenvalue weighted by atomic mass is 16.1. The molecule has 75 valence electrons. The lowest BCUT2D eigenvalue weighted by Crippen LogP contribution is -2.20. The van der Waals surface area contributed by atoms with E-state index in [0.717, 1.165) is 5.56 Å². The second-order valence-electron chi connectivity index (χ2n) is 3.91. The Balaban J connectivity index is 2.57. The number of carbonyl (C=O) groups is 1. The minimum absolute atomic E-state index is 0.112. The van der Waals surface area contributed by atoms with Gasteiger partial charge in [-0.2, -0.15) is 0 Å². The standard InChI is InChI=1S/C12H16NO/c1-9(2)8-13-12(14)11-6-4-10(3)5-7-11/h4-7,9H,8H2,1-3H3. The zero-order valence-electron chi connectivity index (χ0n) is 8.95. The Morgan fingerprint density at radius 1 is 1.29 bits per heavy atom. The van der Waals surface area contributed by atoms with Gasteiger partial charge in [0.15, 0.2) is 0 Å². The van der Waals surface area contributed by atoms with E-state index in [4.69, 9.17) is 0 Å². The molecule has 14 heavy (non-hydrogen) atoms. The molecule has 0 fully saturated rings. The van der Waals surface area contributed by atoms with Crippen LogP contribution in [0.2, 0.25) is 0 Å². The quantitative estimate of drug-likeness (QED) is 0.720. The second kappa shape index (κ2) is 4.80. The third-order valence-electron chi connectivity index (χ3n) is 1.90. The van der Waals surface area contributed by atoms with Crippen molar-refractivity contribution in [1.82, 2.24) is 5.32 Å². The molecule has 1 aromatic rings. The summed E-state index contributed by atoms with van der Waals surface area (Å²) in [5.74, 6) is 0.322. The van der Waals surface area contributed by atoms with Crippen LogP contribution in [0.3, 0.4) is 0 Å². The largest absolute Gasteiger partial charge is 0.272 e. The molecule has 0 unspecified atom stereocenters. The van der Waals surface area contributed by atoms with Crippen LogP contribution in [0.25, 0.3) is 0 Å². The van der Waals surface area contributed by atoms with Gasteiger partial charge in [0.05, 0.1) is 0 Å². The molecular formula is C12H16NO. The first kappa shape index (κ1) is 10.8. The molecule has 1 radical (unpaired) electrons. The monoisotopic (exact) mass is 190 g/mol. The topological polar surface area (TPSA) is 31.2 Å². The number of aryl methyl sites for hydroxylation is 1. The van der Waals surface area contributed by atoms with E-state index in [1.54, 1.807) is 0 Å². The first-order valence-corrected chi connectivity index (χ1v) is 4.88. The molecule has 0 aliphatic carbocycles. The van der Waals surface area contributed by atoms with E-state index in [0.29, 0.717) is 18.0 Å². The Morgan fingerprint density at radius 2 is 1.86 bits per heavy atom. The van der Waals surface area contributed by atoms with Crippen molar-refractivity contribution in [3.63, 3.8) is 0 Å². The zero-order chi connectivity index (χ0) is 10.6. The van der Waals surface area contributed by atoms with Crippen molar-refractivity contribution < 1.29 is 4.79 Å². The minimum atomic E-state index is -0.112. The zero-order valence-corrected chi connectivity index (χ0v) is 8.95. The van der Waals surface area contributed by atoms with Crippen LogP contribution in [0.5, 0.6) is 0 Å². The molecule has 0 heterocycles. The van der Waals surface area contributed by atoms with Gasteiger partial charge in [-0.1, -0.05) is 31.5 Å². The van der Waals surface area contributed by atoms with Crippen molar-refractivity contribution in [2.45, 2.75) is 20.8 Å². The number of amides is 1. The van der Waals surface area contributed by atoms with Crippen LogP contribution in [-0.4, -0.2) is 12.5 Å². The molecule has 0 saturated heterocycles. The molecule has 0 atom stereocenters. The average Bonchev–Trinajstić information content (AvgIpc) is 2.15. The van der Waals surface area contributed by atoms with Crippen molar-refractivity contribution in [2.24, 2.45) is 5.92 Å². The summed E-state index contributed by atoms with van der Waals surface area (Å²) in [5.41, 5.74) is 1.83. The molecule has 1 amide bonds. The van der Waals surface area contributed by atoms with Crippen LogP contribution in [0, 0.1) is 12.8 Å². The summed E-state index contributed by atoms with van der Waals surface area (Å²) in [4.78, 5) is 11.5. The van der Waals surface area contributed by atoms with Gasteiger partial charge in [-0.3, -0.25) is 4.79 Å². The molecule has 2 nitrogen and oxygen atoms in total. The summed E-state index contributed by atoms with van der Waals surface area (Å²) < 4.78 is 0. The van der Waals surface area contributed by atoms with Gasteiger partial charge < -0.3 is 0 Å². The molecule has 0 bridgehead atoms. The molecule has 0 saturated carbocycles. The van der Waals surface area contributed by atoms with Gasteiger partial charge in [-0.25, -0.2) is 5.32 Å². The van der Waals surface area contributed by atoms with Crippen molar-refractivity contribution in [1.29, 1.82) is 0 Å². The number of benzene rings is 1. The predicted octanol–water partition coefficient (Wildman–Crippen LogP) is 2.40. The van der Waals surface area contributed by atoms with Crippen LogP contribution < -0.4 is 5.32 Å². The van der Waals surface area contributed by atoms with E-state index in [-0.39, 0.29) is 5.91 Å². The smallest absolute Gasteiger partial charge is 0.267 e. The Kier molecular flexibility index (Phi) is 3.69. The third kappa shape index (κ3) is 3.21. The minimum Gasteiger partial charge on any atom is -0.267 e. The Morgan fingerprint density at radius 3 is 2.36 bits per heavy atom. The SMILES string of the molecule is Cc1ccc(C(=O)[N]CC(C)C)cc1. The van der Waals surface area contributed by atoms with E-state index in [1.807, 2.05) is 45.0 Å². The fraction of sp³-hybridized carbons (Fsp3) is 0.417. The molecule has 0 aliphatic heterocycles. The maximum Gasteiger partial charge on any atom is 0.272 e. The van der Waals surface area contributed by atoms with E-state index < -0.39 is 0 Å².